The Hall–Kier alpha value is -2.04. The van der Waals surface area contributed by atoms with E-state index in [-0.39, 0.29) is 12.0 Å². The van der Waals surface area contributed by atoms with Gasteiger partial charge >= 0.3 is 5.97 Å². The summed E-state index contributed by atoms with van der Waals surface area (Å²) in [5.74, 6) is -0.0432. The Morgan fingerprint density at radius 3 is 3.11 bits per heavy atom. The van der Waals surface area contributed by atoms with Crippen LogP contribution in [0.2, 0.25) is 0 Å². The minimum Gasteiger partial charge on any atom is -0.481 e. The summed E-state index contributed by atoms with van der Waals surface area (Å²) in [5.41, 5.74) is 0.817. The van der Waals surface area contributed by atoms with Crippen molar-refractivity contribution < 1.29 is 14.3 Å². The number of carboxylic acids is 1. The first-order valence-electron chi connectivity index (χ1n) is 6.48. The highest BCUT2D eigenvalue weighted by Crippen LogP contribution is 2.31. The Kier molecular flexibility index (Phi) is 2.89. The van der Waals surface area contributed by atoms with Crippen LogP contribution in [-0.4, -0.2) is 28.6 Å². The lowest BCUT2D eigenvalue weighted by Crippen LogP contribution is -2.43. The normalized spacial score (nSPS) is 23.7. The molecular weight excluding hydrogens is 244 g/mol. The van der Waals surface area contributed by atoms with Crippen LogP contribution in [0.1, 0.15) is 19.8 Å². The largest absolute Gasteiger partial charge is 0.481 e. The molecular formula is C14H16N2O3. The second-order valence-corrected chi connectivity index (χ2v) is 5.07. The second kappa shape index (κ2) is 4.57. The van der Waals surface area contributed by atoms with E-state index in [1.165, 1.54) is 0 Å². The molecule has 0 radical (unpaired) electrons. The van der Waals surface area contributed by atoms with Gasteiger partial charge in [0.1, 0.15) is 11.4 Å². The van der Waals surface area contributed by atoms with Gasteiger partial charge in [-0.2, -0.15) is 0 Å². The molecule has 1 N–H and O–H groups in total. The van der Waals surface area contributed by atoms with E-state index in [0.29, 0.717) is 12.8 Å². The van der Waals surface area contributed by atoms with Gasteiger partial charge in [-0.3, -0.25) is 4.79 Å². The first-order chi connectivity index (χ1) is 9.16. The van der Waals surface area contributed by atoms with Crippen LogP contribution in [0.3, 0.4) is 0 Å². The Labute approximate surface area is 110 Å². The third-order valence-electron chi connectivity index (χ3n) is 3.86. The van der Waals surface area contributed by atoms with Crippen molar-refractivity contribution in [1.29, 1.82) is 0 Å². The van der Waals surface area contributed by atoms with E-state index in [4.69, 9.17) is 9.52 Å². The van der Waals surface area contributed by atoms with E-state index in [1.807, 2.05) is 12.1 Å². The predicted octanol–water partition coefficient (Wildman–Crippen LogP) is 2.52. The monoisotopic (exact) mass is 260 g/mol. The van der Waals surface area contributed by atoms with Gasteiger partial charge in [-0.25, -0.2) is 4.98 Å². The number of fused-ring (bicyclic) bond motifs is 1. The zero-order chi connectivity index (χ0) is 13.4. The highest BCUT2D eigenvalue weighted by molar-refractivity contribution is 5.88. The number of piperidine rings is 1. The summed E-state index contributed by atoms with van der Waals surface area (Å²) >= 11 is 0. The molecule has 19 heavy (non-hydrogen) atoms. The number of carboxylic acid groups (broad SMARTS) is 1. The van der Waals surface area contributed by atoms with Gasteiger partial charge < -0.3 is 14.4 Å². The molecule has 1 saturated heterocycles. The van der Waals surface area contributed by atoms with Crippen LogP contribution >= 0.6 is 0 Å². The van der Waals surface area contributed by atoms with Crippen LogP contribution in [0.5, 0.6) is 0 Å². The first-order valence-corrected chi connectivity index (χ1v) is 6.48. The van der Waals surface area contributed by atoms with E-state index in [2.05, 4.69) is 16.8 Å². The molecule has 5 heteroatoms. The maximum Gasteiger partial charge on any atom is 0.306 e. The Morgan fingerprint density at radius 1 is 1.53 bits per heavy atom. The summed E-state index contributed by atoms with van der Waals surface area (Å²) in [4.78, 5) is 17.7. The summed E-state index contributed by atoms with van der Waals surface area (Å²) in [6, 6.07) is 3.92. The number of aliphatic carboxylic acids is 1. The number of hydrogen-bond acceptors (Lipinski definition) is 4. The molecule has 0 aliphatic carbocycles. The summed E-state index contributed by atoms with van der Waals surface area (Å²) in [7, 11) is 0. The molecule has 3 rings (SSSR count). The SMILES string of the molecule is CC1CC(C(=O)O)CCN1c1nccc2occc12. The van der Waals surface area contributed by atoms with Crippen molar-refractivity contribution in [2.24, 2.45) is 5.92 Å². The highest BCUT2D eigenvalue weighted by Gasteiger charge is 2.31. The molecule has 2 unspecified atom stereocenters. The standard InChI is InChI=1S/C14H16N2O3/c1-9-8-10(14(17)18)3-6-16(9)13-11-4-7-19-12(11)2-5-15-13/h2,4-5,7,9-10H,3,6,8H2,1H3,(H,17,18). The van der Waals surface area contributed by atoms with Gasteiger partial charge in [0.05, 0.1) is 17.6 Å². The van der Waals surface area contributed by atoms with Gasteiger partial charge in [-0.15, -0.1) is 0 Å². The molecule has 0 saturated carbocycles. The number of aromatic nitrogens is 1. The Morgan fingerprint density at radius 2 is 2.37 bits per heavy atom. The number of nitrogens with zero attached hydrogens (tertiary/aromatic N) is 2. The average Bonchev–Trinajstić information content (AvgIpc) is 2.86. The van der Waals surface area contributed by atoms with E-state index in [1.54, 1.807) is 12.5 Å². The summed E-state index contributed by atoms with van der Waals surface area (Å²) in [6.07, 6.45) is 4.71. The lowest BCUT2D eigenvalue weighted by molar-refractivity contribution is -0.142. The molecule has 5 nitrogen and oxygen atoms in total. The Balaban J connectivity index is 1.91. The van der Waals surface area contributed by atoms with Crippen molar-refractivity contribution >= 4 is 22.8 Å². The number of anilines is 1. The maximum atomic E-state index is 11.1. The summed E-state index contributed by atoms with van der Waals surface area (Å²) in [5, 5.41) is 10.1. The topological polar surface area (TPSA) is 66.6 Å². The fraction of sp³-hybridized carbons (Fsp3) is 0.429. The molecule has 100 valence electrons. The second-order valence-electron chi connectivity index (χ2n) is 5.07. The Bertz CT molecular complexity index is 608. The van der Waals surface area contributed by atoms with Crippen molar-refractivity contribution in [3.63, 3.8) is 0 Å². The summed E-state index contributed by atoms with van der Waals surface area (Å²) < 4.78 is 5.38. The summed E-state index contributed by atoms with van der Waals surface area (Å²) in [6.45, 7) is 2.77. The van der Waals surface area contributed by atoms with E-state index in [0.717, 1.165) is 23.3 Å². The molecule has 2 atom stereocenters. The fourth-order valence-corrected chi connectivity index (χ4v) is 2.82. The fourth-order valence-electron chi connectivity index (χ4n) is 2.82. The molecule has 1 aliphatic rings. The third kappa shape index (κ3) is 2.05. The predicted molar refractivity (Wildman–Crippen MR) is 71.2 cm³/mol. The molecule has 3 heterocycles. The lowest BCUT2D eigenvalue weighted by atomic mass is 9.91. The molecule has 2 aromatic heterocycles. The van der Waals surface area contributed by atoms with Crippen LogP contribution in [0, 0.1) is 5.92 Å². The van der Waals surface area contributed by atoms with Gasteiger partial charge in [0.2, 0.25) is 0 Å². The van der Waals surface area contributed by atoms with E-state index in [9.17, 15) is 4.79 Å². The number of furan rings is 1. The number of carbonyl (C=O) groups is 1. The maximum absolute atomic E-state index is 11.1. The van der Waals surface area contributed by atoms with Gasteiger partial charge in [0.25, 0.3) is 0 Å². The van der Waals surface area contributed by atoms with Gasteiger partial charge in [0.15, 0.2) is 0 Å². The molecule has 0 aromatic carbocycles. The molecule has 1 fully saturated rings. The van der Waals surface area contributed by atoms with Crippen LogP contribution in [0.25, 0.3) is 11.0 Å². The minimum atomic E-state index is -0.694. The first kappa shape index (κ1) is 12.0. The van der Waals surface area contributed by atoms with Crippen LogP contribution in [0.4, 0.5) is 5.82 Å². The van der Waals surface area contributed by atoms with Gasteiger partial charge in [-0.1, -0.05) is 0 Å². The number of pyridine rings is 1. The van der Waals surface area contributed by atoms with Crippen molar-refractivity contribution in [2.45, 2.75) is 25.8 Å². The zero-order valence-corrected chi connectivity index (χ0v) is 10.7. The number of rotatable bonds is 2. The van der Waals surface area contributed by atoms with Crippen LogP contribution in [-0.2, 0) is 4.79 Å². The number of hydrogen-bond donors (Lipinski definition) is 1. The molecule has 0 spiro atoms. The lowest BCUT2D eigenvalue weighted by Gasteiger charge is -2.37. The molecule has 0 bridgehead atoms. The average molecular weight is 260 g/mol. The van der Waals surface area contributed by atoms with E-state index >= 15 is 0 Å². The third-order valence-corrected chi connectivity index (χ3v) is 3.86. The van der Waals surface area contributed by atoms with Gasteiger partial charge in [0, 0.05) is 18.8 Å². The van der Waals surface area contributed by atoms with Crippen LogP contribution < -0.4 is 4.90 Å². The molecule has 0 amide bonds. The smallest absolute Gasteiger partial charge is 0.306 e. The van der Waals surface area contributed by atoms with Crippen LogP contribution in [0.15, 0.2) is 29.0 Å². The molecule has 2 aromatic rings. The van der Waals surface area contributed by atoms with Crippen molar-refractivity contribution in [3.05, 3.63) is 24.6 Å². The minimum absolute atomic E-state index is 0.169. The quantitative estimate of drug-likeness (QED) is 0.898. The van der Waals surface area contributed by atoms with E-state index < -0.39 is 5.97 Å². The molecule has 1 aliphatic heterocycles. The van der Waals surface area contributed by atoms with Crippen molar-refractivity contribution in [2.75, 3.05) is 11.4 Å². The highest BCUT2D eigenvalue weighted by atomic mass is 16.4. The van der Waals surface area contributed by atoms with Gasteiger partial charge in [-0.05, 0) is 31.9 Å². The van der Waals surface area contributed by atoms with Crippen molar-refractivity contribution in [3.8, 4) is 0 Å². The van der Waals surface area contributed by atoms with Crippen molar-refractivity contribution in [1.82, 2.24) is 4.98 Å². The zero-order valence-electron chi connectivity index (χ0n) is 10.7.